The summed E-state index contributed by atoms with van der Waals surface area (Å²) < 4.78 is 5.90. The zero-order chi connectivity index (χ0) is 23.6. The van der Waals surface area contributed by atoms with Gasteiger partial charge in [0.05, 0.1) is 23.2 Å². The molecule has 0 spiro atoms. The number of thioether (sulfide) groups is 1. The number of nitrogens with one attached hydrogen (secondary N) is 1. The molecule has 1 fully saturated rings. The molecule has 1 saturated carbocycles. The van der Waals surface area contributed by atoms with E-state index in [1.807, 2.05) is 0 Å². The number of carboxylic acids is 1. The number of thiophene rings is 1. The van der Waals surface area contributed by atoms with E-state index >= 15 is 0 Å². The molecular formula is C24H30N2O5S2. The van der Waals surface area contributed by atoms with Crippen LogP contribution in [-0.2, 0) is 16.0 Å². The summed E-state index contributed by atoms with van der Waals surface area (Å²) in [6.45, 7) is 0.726. The fourth-order valence-electron chi connectivity index (χ4n) is 3.77. The van der Waals surface area contributed by atoms with E-state index in [0.717, 1.165) is 43.0 Å². The van der Waals surface area contributed by atoms with Gasteiger partial charge < -0.3 is 20.9 Å². The molecular weight excluding hydrogens is 460 g/mol. The number of Topliss-reactive ketones (excluding diaryl/α,β-unsaturated/α-hetero) is 1. The zero-order valence-electron chi connectivity index (χ0n) is 18.5. The minimum Gasteiger partial charge on any atom is -0.477 e. The lowest BCUT2D eigenvalue weighted by Gasteiger charge is -2.21. The van der Waals surface area contributed by atoms with Crippen LogP contribution < -0.4 is 11.1 Å². The molecule has 178 valence electrons. The summed E-state index contributed by atoms with van der Waals surface area (Å²) in [5.41, 5.74) is 7.58. The monoisotopic (exact) mass is 490 g/mol. The van der Waals surface area contributed by atoms with Gasteiger partial charge in [0.25, 0.3) is 0 Å². The highest BCUT2D eigenvalue weighted by molar-refractivity contribution is 7.99. The van der Waals surface area contributed by atoms with Gasteiger partial charge in [0.1, 0.15) is 4.88 Å². The standard InChI is InChI=1S/C24H30N2O5S2/c25-19-8-7-16(21(27)14-17-9-12-33-23(17)24(29)30)13-20(19)26-22(28)15-32-11-4-10-31-18-5-2-1-3-6-18/h7-9,12-13,18H,1-6,10-11,14-15,25H2,(H,26,28)(H,29,30). The lowest BCUT2D eigenvalue weighted by atomic mass is 9.98. The van der Waals surface area contributed by atoms with E-state index in [9.17, 15) is 19.5 Å². The van der Waals surface area contributed by atoms with Gasteiger partial charge in [0, 0.05) is 18.6 Å². The van der Waals surface area contributed by atoms with Crippen LogP contribution in [0.1, 0.15) is 64.1 Å². The van der Waals surface area contributed by atoms with Crippen molar-refractivity contribution in [1.82, 2.24) is 0 Å². The van der Waals surface area contributed by atoms with E-state index in [-0.39, 0.29) is 28.7 Å². The Labute approximate surface area is 202 Å². The smallest absolute Gasteiger partial charge is 0.346 e. The second-order valence-electron chi connectivity index (χ2n) is 8.07. The van der Waals surface area contributed by atoms with Crippen LogP contribution in [0, 0.1) is 0 Å². The zero-order valence-corrected chi connectivity index (χ0v) is 20.1. The molecule has 0 atom stereocenters. The molecule has 33 heavy (non-hydrogen) atoms. The van der Waals surface area contributed by atoms with Crippen molar-refractivity contribution in [2.45, 2.75) is 51.0 Å². The van der Waals surface area contributed by atoms with E-state index in [1.165, 1.54) is 31.0 Å². The molecule has 0 aliphatic heterocycles. The topological polar surface area (TPSA) is 119 Å². The largest absolute Gasteiger partial charge is 0.477 e. The number of benzene rings is 1. The van der Waals surface area contributed by atoms with Crippen molar-refractivity contribution >= 4 is 52.1 Å². The summed E-state index contributed by atoms with van der Waals surface area (Å²) in [6.07, 6.45) is 7.43. The molecule has 3 rings (SSSR count). The first-order chi connectivity index (χ1) is 15.9. The summed E-state index contributed by atoms with van der Waals surface area (Å²) in [6, 6.07) is 6.35. The van der Waals surface area contributed by atoms with E-state index in [0.29, 0.717) is 28.6 Å². The van der Waals surface area contributed by atoms with E-state index in [4.69, 9.17) is 10.5 Å². The fraction of sp³-hybridized carbons (Fsp3) is 0.458. The first-order valence-electron chi connectivity index (χ1n) is 11.2. The molecule has 1 aliphatic rings. The predicted octanol–water partition coefficient (Wildman–Crippen LogP) is 4.87. The molecule has 1 aromatic heterocycles. The van der Waals surface area contributed by atoms with Gasteiger partial charge in [0.15, 0.2) is 5.78 Å². The van der Waals surface area contributed by atoms with Crippen molar-refractivity contribution in [3.63, 3.8) is 0 Å². The summed E-state index contributed by atoms with van der Waals surface area (Å²) in [5.74, 6) is -0.344. The number of hydrogen-bond acceptors (Lipinski definition) is 7. The average Bonchev–Trinajstić information content (AvgIpc) is 3.26. The molecule has 1 heterocycles. The van der Waals surface area contributed by atoms with E-state index < -0.39 is 5.97 Å². The molecule has 1 amide bonds. The van der Waals surface area contributed by atoms with Gasteiger partial charge in [0.2, 0.25) is 5.91 Å². The van der Waals surface area contributed by atoms with E-state index in [2.05, 4.69) is 5.32 Å². The summed E-state index contributed by atoms with van der Waals surface area (Å²) in [5, 5.41) is 13.7. The molecule has 1 aliphatic carbocycles. The van der Waals surface area contributed by atoms with Gasteiger partial charge in [-0.2, -0.15) is 11.8 Å². The third-order valence-electron chi connectivity index (χ3n) is 5.51. The molecule has 0 unspecified atom stereocenters. The Morgan fingerprint density at radius 1 is 1.18 bits per heavy atom. The minimum absolute atomic E-state index is 0.0266. The third-order valence-corrected chi connectivity index (χ3v) is 7.50. The van der Waals surface area contributed by atoms with Crippen LogP contribution in [0.3, 0.4) is 0 Å². The van der Waals surface area contributed by atoms with Crippen LogP contribution >= 0.6 is 23.1 Å². The number of ether oxygens (including phenoxy) is 1. The number of amides is 1. The van der Waals surface area contributed by atoms with Crippen LogP contribution in [0.25, 0.3) is 0 Å². The molecule has 0 saturated heterocycles. The van der Waals surface area contributed by atoms with Crippen molar-refractivity contribution in [2.75, 3.05) is 29.2 Å². The number of rotatable bonds is 12. The predicted molar refractivity (Wildman–Crippen MR) is 134 cm³/mol. The van der Waals surface area contributed by atoms with Crippen LogP contribution in [0.4, 0.5) is 11.4 Å². The summed E-state index contributed by atoms with van der Waals surface area (Å²) >= 11 is 2.63. The fourth-order valence-corrected chi connectivity index (χ4v) is 5.25. The maximum atomic E-state index is 12.7. The Bertz CT molecular complexity index is 970. The number of carboxylic acid groups (broad SMARTS) is 1. The van der Waals surface area contributed by atoms with Crippen molar-refractivity contribution in [3.05, 3.63) is 45.6 Å². The molecule has 2 aromatic rings. The van der Waals surface area contributed by atoms with Crippen LogP contribution in [-0.4, -0.2) is 47.0 Å². The number of aromatic carboxylic acids is 1. The number of anilines is 2. The normalized spacial score (nSPS) is 14.2. The number of nitrogen functional groups attached to an aromatic ring is 1. The van der Waals surface area contributed by atoms with Gasteiger partial charge in [-0.1, -0.05) is 19.3 Å². The highest BCUT2D eigenvalue weighted by atomic mass is 32.2. The molecule has 9 heteroatoms. The Balaban J connectivity index is 1.43. The first-order valence-corrected chi connectivity index (χ1v) is 13.2. The molecule has 0 radical (unpaired) electrons. The van der Waals surface area contributed by atoms with Gasteiger partial charge in [-0.3, -0.25) is 9.59 Å². The van der Waals surface area contributed by atoms with Gasteiger partial charge in [-0.15, -0.1) is 11.3 Å². The van der Waals surface area contributed by atoms with Gasteiger partial charge >= 0.3 is 5.97 Å². The van der Waals surface area contributed by atoms with Crippen molar-refractivity contribution in [3.8, 4) is 0 Å². The number of carbonyl (C=O) groups is 3. The van der Waals surface area contributed by atoms with Crippen LogP contribution in [0.5, 0.6) is 0 Å². The first kappa shape index (κ1) is 25.3. The third kappa shape index (κ3) is 7.87. The van der Waals surface area contributed by atoms with Gasteiger partial charge in [-0.25, -0.2) is 4.79 Å². The lowest BCUT2D eigenvalue weighted by Crippen LogP contribution is -2.18. The van der Waals surface area contributed by atoms with Crippen molar-refractivity contribution in [2.24, 2.45) is 0 Å². The number of carbonyl (C=O) groups excluding carboxylic acids is 2. The Morgan fingerprint density at radius 3 is 2.73 bits per heavy atom. The van der Waals surface area contributed by atoms with Crippen LogP contribution in [0.2, 0.25) is 0 Å². The number of ketones is 1. The highest BCUT2D eigenvalue weighted by Crippen LogP contribution is 2.24. The quantitative estimate of drug-likeness (QED) is 0.221. The Kier molecular flexibility index (Phi) is 9.77. The maximum Gasteiger partial charge on any atom is 0.346 e. The van der Waals surface area contributed by atoms with Crippen molar-refractivity contribution in [1.29, 1.82) is 0 Å². The Hall–Kier alpha value is -2.36. The van der Waals surface area contributed by atoms with Crippen LogP contribution in [0.15, 0.2) is 29.6 Å². The van der Waals surface area contributed by atoms with E-state index in [1.54, 1.807) is 29.6 Å². The molecule has 0 bridgehead atoms. The molecule has 7 nitrogen and oxygen atoms in total. The number of nitrogens with two attached hydrogens (primary N) is 1. The second-order valence-corrected chi connectivity index (χ2v) is 10.1. The summed E-state index contributed by atoms with van der Waals surface area (Å²) in [4.78, 5) is 36.4. The minimum atomic E-state index is -1.05. The highest BCUT2D eigenvalue weighted by Gasteiger charge is 2.17. The average molecular weight is 491 g/mol. The Morgan fingerprint density at radius 2 is 1.97 bits per heavy atom. The lowest BCUT2D eigenvalue weighted by molar-refractivity contribution is -0.113. The molecule has 1 aromatic carbocycles. The molecule has 4 N–H and O–H groups in total. The number of hydrogen-bond donors (Lipinski definition) is 3. The maximum absolute atomic E-state index is 12.7. The van der Waals surface area contributed by atoms with Gasteiger partial charge in [-0.05, 0) is 60.2 Å². The van der Waals surface area contributed by atoms with Crippen molar-refractivity contribution < 1.29 is 24.2 Å². The second kappa shape index (κ2) is 12.8. The SMILES string of the molecule is Nc1ccc(C(=O)Cc2ccsc2C(=O)O)cc1NC(=O)CSCCCOC1CCCCC1. The summed E-state index contributed by atoms with van der Waals surface area (Å²) in [7, 11) is 0.